The van der Waals surface area contributed by atoms with Gasteiger partial charge in [-0.05, 0) is 0 Å². The second-order valence-electron chi connectivity index (χ2n) is 2.84. The molecule has 0 saturated carbocycles. The van der Waals surface area contributed by atoms with Crippen molar-refractivity contribution in [1.82, 2.24) is 9.36 Å². The number of halogens is 1. The maximum absolute atomic E-state index is 11.3. The summed E-state index contributed by atoms with van der Waals surface area (Å²) in [5.41, 5.74) is 0. The lowest BCUT2D eigenvalue weighted by molar-refractivity contribution is -0.143. The standard InChI is InChI=1S/C8H10ClN3O3S/c1-12(5(4-13)7(14)15-2)8-10-6(3-9)11-16-8/h4-5H,3H2,1-2H3. The van der Waals surface area contributed by atoms with Gasteiger partial charge in [0.1, 0.15) is 0 Å². The van der Waals surface area contributed by atoms with Crippen molar-refractivity contribution in [2.24, 2.45) is 0 Å². The number of anilines is 1. The van der Waals surface area contributed by atoms with Gasteiger partial charge in [-0.2, -0.15) is 4.37 Å². The van der Waals surface area contributed by atoms with Crippen LogP contribution in [0.15, 0.2) is 0 Å². The summed E-state index contributed by atoms with van der Waals surface area (Å²) in [5.74, 6) is 0.0112. The second-order valence-corrected chi connectivity index (χ2v) is 3.84. The molecule has 0 N–H and O–H groups in total. The van der Waals surface area contributed by atoms with Gasteiger partial charge in [-0.3, -0.25) is 0 Å². The lowest BCUT2D eigenvalue weighted by Crippen LogP contribution is -2.40. The first-order valence-electron chi connectivity index (χ1n) is 4.28. The van der Waals surface area contributed by atoms with Gasteiger partial charge in [0.25, 0.3) is 0 Å². The van der Waals surface area contributed by atoms with E-state index >= 15 is 0 Å². The SMILES string of the molecule is COC(=O)C(C=O)N(C)c1nc(CCl)ns1. The molecule has 0 aliphatic carbocycles. The molecule has 1 atom stereocenters. The Bertz CT molecular complexity index is 384. The summed E-state index contributed by atoms with van der Waals surface area (Å²) in [6.45, 7) is 0. The highest BCUT2D eigenvalue weighted by Gasteiger charge is 2.25. The van der Waals surface area contributed by atoms with Crippen LogP contribution in [-0.2, 0) is 20.2 Å². The maximum atomic E-state index is 11.3. The molecule has 6 nitrogen and oxygen atoms in total. The molecule has 0 amide bonds. The third kappa shape index (κ3) is 2.67. The van der Waals surface area contributed by atoms with Crippen LogP contribution >= 0.6 is 23.1 Å². The number of nitrogens with zero attached hydrogens (tertiary/aromatic N) is 3. The van der Waals surface area contributed by atoms with E-state index in [2.05, 4.69) is 14.1 Å². The molecule has 0 saturated heterocycles. The molecular weight excluding hydrogens is 254 g/mol. The third-order valence-corrected chi connectivity index (χ3v) is 2.95. The van der Waals surface area contributed by atoms with Gasteiger partial charge in [0.05, 0.1) is 13.0 Å². The van der Waals surface area contributed by atoms with Crippen molar-refractivity contribution in [2.45, 2.75) is 11.9 Å². The number of carbonyl (C=O) groups is 2. The van der Waals surface area contributed by atoms with E-state index in [9.17, 15) is 9.59 Å². The van der Waals surface area contributed by atoms with Crippen LogP contribution in [0.25, 0.3) is 0 Å². The number of hydrogen-bond acceptors (Lipinski definition) is 7. The number of alkyl halides is 1. The average molecular weight is 264 g/mol. The molecule has 1 unspecified atom stereocenters. The first-order chi connectivity index (χ1) is 7.63. The summed E-state index contributed by atoms with van der Waals surface area (Å²) in [6.07, 6.45) is 0.494. The van der Waals surface area contributed by atoms with Crippen molar-refractivity contribution in [3.63, 3.8) is 0 Å². The van der Waals surface area contributed by atoms with E-state index in [1.807, 2.05) is 0 Å². The molecule has 0 bridgehead atoms. The van der Waals surface area contributed by atoms with E-state index in [1.54, 1.807) is 7.05 Å². The van der Waals surface area contributed by atoms with Gasteiger partial charge in [0.15, 0.2) is 18.2 Å². The first-order valence-corrected chi connectivity index (χ1v) is 5.59. The van der Waals surface area contributed by atoms with E-state index in [1.165, 1.54) is 12.0 Å². The molecule has 88 valence electrons. The van der Waals surface area contributed by atoms with Crippen LogP contribution in [0.1, 0.15) is 5.82 Å². The van der Waals surface area contributed by atoms with Crippen LogP contribution in [0, 0.1) is 0 Å². The van der Waals surface area contributed by atoms with E-state index < -0.39 is 12.0 Å². The van der Waals surface area contributed by atoms with Crippen LogP contribution in [0.5, 0.6) is 0 Å². The lowest BCUT2D eigenvalue weighted by Gasteiger charge is -2.19. The van der Waals surface area contributed by atoms with Gasteiger partial charge in [0, 0.05) is 18.6 Å². The van der Waals surface area contributed by atoms with Gasteiger partial charge >= 0.3 is 5.97 Å². The van der Waals surface area contributed by atoms with Gasteiger partial charge < -0.3 is 14.4 Å². The molecule has 0 radical (unpaired) electrons. The number of likely N-dealkylation sites (N-methyl/N-ethyl adjacent to an activating group) is 1. The van der Waals surface area contributed by atoms with Gasteiger partial charge in [0.2, 0.25) is 5.13 Å². The zero-order chi connectivity index (χ0) is 12.1. The Hall–Kier alpha value is -1.21. The second kappa shape index (κ2) is 5.76. The van der Waals surface area contributed by atoms with Crippen LogP contribution in [0.4, 0.5) is 5.13 Å². The van der Waals surface area contributed by atoms with Crippen LogP contribution in [0.2, 0.25) is 0 Å². The Balaban J connectivity index is 2.86. The minimum absolute atomic E-state index is 0.189. The Morgan fingerprint density at radius 2 is 2.44 bits per heavy atom. The number of rotatable bonds is 5. The number of aromatic nitrogens is 2. The van der Waals surface area contributed by atoms with Crippen LogP contribution in [-0.4, -0.2) is 41.8 Å². The fraction of sp³-hybridized carbons (Fsp3) is 0.500. The smallest absolute Gasteiger partial charge is 0.336 e. The zero-order valence-corrected chi connectivity index (χ0v) is 10.3. The monoisotopic (exact) mass is 263 g/mol. The number of aldehydes is 1. The first kappa shape index (κ1) is 12.9. The highest BCUT2D eigenvalue weighted by molar-refractivity contribution is 7.09. The highest BCUT2D eigenvalue weighted by Crippen LogP contribution is 2.18. The van der Waals surface area contributed by atoms with Crippen molar-refractivity contribution in [3.05, 3.63) is 5.82 Å². The van der Waals surface area contributed by atoms with Crippen LogP contribution in [0.3, 0.4) is 0 Å². The quantitative estimate of drug-likeness (QED) is 0.332. The molecular formula is C8H10ClN3O3S. The molecule has 8 heteroatoms. The van der Waals surface area contributed by atoms with Crippen molar-refractivity contribution >= 4 is 40.5 Å². The predicted octanol–water partition coefficient (Wildman–Crippen LogP) is 0.454. The number of esters is 1. The molecule has 0 aromatic carbocycles. The topological polar surface area (TPSA) is 72.4 Å². The molecule has 0 fully saturated rings. The molecule has 0 aliphatic rings. The molecule has 1 aromatic rings. The normalized spacial score (nSPS) is 11.9. The summed E-state index contributed by atoms with van der Waals surface area (Å²) in [4.78, 5) is 27.5. The predicted molar refractivity (Wildman–Crippen MR) is 59.7 cm³/mol. The molecule has 0 aliphatic heterocycles. The Morgan fingerprint density at radius 3 is 2.88 bits per heavy atom. The third-order valence-electron chi connectivity index (χ3n) is 1.87. The number of methoxy groups -OCH3 is 1. The maximum Gasteiger partial charge on any atom is 0.336 e. The number of ether oxygens (including phenoxy) is 1. The Labute approximate surface area is 101 Å². The summed E-state index contributed by atoms with van der Waals surface area (Å²) in [7, 11) is 2.78. The van der Waals surface area contributed by atoms with Crippen molar-refractivity contribution < 1.29 is 14.3 Å². The average Bonchev–Trinajstić information content (AvgIpc) is 2.78. The van der Waals surface area contributed by atoms with Crippen molar-refractivity contribution in [3.8, 4) is 0 Å². The summed E-state index contributed by atoms with van der Waals surface area (Å²) in [6, 6.07) is -1.01. The highest BCUT2D eigenvalue weighted by atomic mass is 35.5. The van der Waals surface area contributed by atoms with Crippen molar-refractivity contribution in [2.75, 3.05) is 19.1 Å². The van der Waals surface area contributed by atoms with Crippen LogP contribution < -0.4 is 4.90 Å². The number of carbonyl (C=O) groups excluding carboxylic acids is 2. The summed E-state index contributed by atoms with van der Waals surface area (Å²) < 4.78 is 8.44. The van der Waals surface area contributed by atoms with Crippen molar-refractivity contribution in [1.29, 1.82) is 0 Å². The minimum Gasteiger partial charge on any atom is -0.467 e. The van der Waals surface area contributed by atoms with E-state index in [0.29, 0.717) is 17.2 Å². The molecule has 0 spiro atoms. The van der Waals surface area contributed by atoms with E-state index in [-0.39, 0.29) is 5.88 Å². The molecule has 1 heterocycles. The molecule has 1 aromatic heterocycles. The Morgan fingerprint density at radius 1 is 1.75 bits per heavy atom. The summed E-state index contributed by atoms with van der Waals surface area (Å²) >= 11 is 6.62. The van der Waals surface area contributed by atoms with Gasteiger partial charge in [-0.1, -0.05) is 0 Å². The van der Waals surface area contributed by atoms with E-state index in [4.69, 9.17) is 11.6 Å². The lowest BCUT2D eigenvalue weighted by atomic mass is 10.3. The fourth-order valence-corrected chi connectivity index (χ4v) is 1.86. The summed E-state index contributed by atoms with van der Waals surface area (Å²) in [5, 5.41) is 0.443. The molecule has 1 rings (SSSR count). The zero-order valence-electron chi connectivity index (χ0n) is 8.71. The minimum atomic E-state index is -1.01. The van der Waals surface area contributed by atoms with E-state index in [0.717, 1.165) is 11.5 Å². The fourth-order valence-electron chi connectivity index (χ4n) is 0.987. The van der Waals surface area contributed by atoms with Gasteiger partial charge in [-0.25, -0.2) is 9.78 Å². The number of hydrogen-bond donors (Lipinski definition) is 0. The Kier molecular flexibility index (Phi) is 4.63. The van der Waals surface area contributed by atoms with Gasteiger partial charge in [-0.15, -0.1) is 11.6 Å². The largest absolute Gasteiger partial charge is 0.467 e. The molecule has 16 heavy (non-hydrogen) atoms.